The third kappa shape index (κ3) is 3.11. The van der Waals surface area contributed by atoms with Crippen LogP contribution in [0.15, 0.2) is 0 Å². The van der Waals surface area contributed by atoms with E-state index < -0.39 is 0 Å². The van der Waals surface area contributed by atoms with E-state index in [2.05, 4.69) is 17.6 Å². The second-order valence-corrected chi connectivity index (χ2v) is 3.24. The Morgan fingerprint density at radius 1 is 1.42 bits per heavy atom. The Labute approximate surface area is 73.9 Å². The van der Waals surface area contributed by atoms with E-state index in [4.69, 9.17) is 0 Å². The summed E-state index contributed by atoms with van der Waals surface area (Å²) in [6.07, 6.45) is 5.52. The van der Waals surface area contributed by atoms with Gasteiger partial charge in [0.05, 0.1) is 0 Å². The van der Waals surface area contributed by atoms with E-state index in [1.54, 1.807) is 0 Å². The lowest BCUT2D eigenvalue weighted by Crippen LogP contribution is -2.41. The molecule has 1 aliphatic carbocycles. The molecule has 1 rings (SSSR count). The van der Waals surface area contributed by atoms with Crippen LogP contribution in [0, 0.1) is 6.92 Å². The van der Waals surface area contributed by atoms with Gasteiger partial charge in [0.1, 0.15) is 0 Å². The standard InChI is InChI=1S/C9H17N2O/c1-2-7-10-9(12)11-8-5-3-4-6-8/h8H,1-7H2,(H2,10,11,12). The lowest BCUT2D eigenvalue weighted by atomic mass is 10.2. The number of hydrogen-bond donors (Lipinski definition) is 2. The summed E-state index contributed by atoms with van der Waals surface area (Å²) in [5, 5.41) is 5.68. The van der Waals surface area contributed by atoms with Crippen LogP contribution in [-0.4, -0.2) is 18.6 Å². The molecule has 0 spiro atoms. The Hall–Kier alpha value is -0.730. The maximum Gasteiger partial charge on any atom is 0.315 e. The minimum atomic E-state index is -0.0365. The van der Waals surface area contributed by atoms with Gasteiger partial charge in [-0.05, 0) is 19.3 Å². The number of rotatable bonds is 3. The van der Waals surface area contributed by atoms with Crippen LogP contribution in [0.2, 0.25) is 0 Å². The smallest absolute Gasteiger partial charge is 0.315 e. The van der Waals surface area contributed by atoms with Crippen molar-refractivity contribution in [2.45, 2.75) is 38.1 Å². The summed E-state index contributed by atoms with van der Waals surface area (Å²) in [4.78, 5) is 11.1. The first-order valence-corrected chi connectivity index (χ1v) is 4.66. The average Bonchev–Trinajstić information content (AvgIpc) is 2.53. The highest BCUT2D eigenvalue weighted by atomic mass is 16.2. The van der Waals surface area contributed by atoms with Gasteiger partial charge in [-0.2, -0.15) is 0 Å². The first kappa shape index (κ1) is 9.36. The summed E-state index contributed by atoms with van der Waals surface area (Å²) in [5.74, 6) is 0. The fourth-order valence-electron chi connectivity index (χ4n) is 1.51. The number of urea groups is 1. The molecule has 0 heterocycles. The van der Waals surface area contributed by atoms with Gasteiger partial charge in [-0.1, -0.05) is 19.8 Å². The number of nitrogens with one attached hydrogen (secondary N) is 2. The van der Waals surface area contributed by atoms with E-state index in [0.717, 1.165) is 19.3 Å². The van der Waals surface area contributed by atoms with Gasteiger partial charge in [-0.3, -0.25) is 0 Å². The Bertz CT molecular complexity index is 141. The molecule has 1 radical (unpaired) electrons. The maximum absolute atomic E-state index is 11.1. The second-order valence-electron chi connectivity index (χ2n) is 3.24. The highest BCUT2D eigenvalue weighted by molar-refractivity contribution is 5.74. The fraction of sp³-hybridized carbons (Fsp3) is 0.778. The highest BCUT2D eigenvalue weighted by Gasteiger charge is 2.16. The van der Waals surface area contributed by atoms with Gasteiger partial charge < -0.3 is 10.6 Å². The minimum Gasteiger partial charge on any atom is -0.338 e. The third-order valence-corrected chi connectivity index (χ3v) is 2.15. The molecule has 3 heteroatoms. The highest BCUT2D eigenvalue weighted by Crippen LogP contribution is 2.17. The van der Waals surface area contributed by atoms with Crippen LogP contribution < -0.4 is 10.6 Å². The molecule has 0 atom stereocenters. The molecule has 0 saturated heterocycles. The monoisotopic (exact) mass is 169 g/mol. The molecule has 0 aliphatic heterocycles. The van der Waals surface area contributed by atoms with Gasteiger partial charge in [0.2, 0.25) is 0 Å². The first-order valence-electron chi connectivity index (χ1n) is 4.66. The van der Waals surface area contributed by atoms with Gasteiger partial charge in [0.15, 0.2) is 0 Å². The molecule has 0 aromatic carbocycles. The molecule has 0 unspecified atom stereocenters. The quantitative estimate of drug-likeness (QED) is 0.659. The normalized spacial score (nSPS) is 17.8. The lowest BCUT2D eigenvalue weighted by Gasteiger charge is -2.12. The number of hydrogen-bond acceptors (Lipinski definition) is 1. The van der Waals surface area contributed by atoms with Crippen LogP contribution in [-0.2, 0) is 0 Å². The van der Waals surface area contributed by atoms with Gasteiger partial charge in [-0.25, -0.2) is 4.79 Å². The van der Waals surface area contributed by atoms with E-state index in [9.17, 15) is 4.79 Å². The molecule has 12 heavy (non-hydrogen) atoms. The molecule has 1 fully saturated rings. The van der Waals surface area contributed by atoms with E-state index in [1.165, 1.54) is 12.8 Å². The topological polar surface area (TPSA) is 41.1 Å². The van der Waals surface area contributed by atoms with Crippen molar-refractivity contribution < 1.29 is 4.79 Å². The molecule has 0 aromatic heterocycles. The summed E-state index contributed by atoms with van der Waals surface area (Å²) in [7, 11) is 0. The SMILES string of the molecule is [CH2]CCNC(=O)NC1CCCC1. The molecule has 3 nitrogen and oxygen atoms in total. The van der Waals surface area contributed by atoms with E-state index >= 15 is 0 Å². The van der Waals surface area contributed by atoms with Crippen LogP contribution in [0.3, 0.4) is 0 Å². The minimum absolute atomic E-state index is 0.0365. The molecule has 1 saturated carbocycles. The predicted molar refractivity (Wildman–Crippen MR) is 48.8 cm³/mol. The summed E-state index contributed by atoms with van der Waals surface area (Å²) in [6.45, 7) is 4.31. The molecule has 69 valence electrons. The molecular formula is C9H17N2O. The summed E-state index contributed by atoms with van der Waals surface area (Å²) in [6, 6.07) is 0.375. The van der Waals surface area contributed by atoms with Crippen LogP contribution in [0.25, 0.3) is 0 Å². The van der Waals surface area contributed by atoms with Crippen molar-refractivity contribution >= 4 is 6.03 Å². The summed E-state index contributed by atoms with van der Waals surface area (Å²) >= 11 is 0. The van der Waals surface area contributed by atoms with Gasteiger partial charge in [-0.15, -0.1) is 0 Å². The Morgan fingerprint density at radius 3 is 2.67 bits per heavy atom. The molecule has 0 aromatic rings. The van der Waals surface area contributed by atoms with Gasteiger partial charge in [0.25, 0.3) is 0 Å². The van der Waals surface area contributed by atoms with Crippen molar-refractivity contribution in [3.63, 3.8) is 0 Å². The second kappa shape index (κ2) is 5.01. The van der Waals surface area contributed by atoms with Gasteiger partial charge in [0, 0.05) is 12.6 Å². The number of amides is 2. The Kier molecular flexibility index (Phi) is 3.91. The molecule has 2 N–H and O–H groups in total. The predicted octanol–water partition coefficient (Wildman–Crippen LogP) is 1.45. The summed E-state index contributed by atoms with van der Waals surface area (Å²) < 4.78 is 0. The zero-order valence-corrected chi connectivity index (χ0v) is 7.44. The third-order valence-electron chi connectivity index (χ3n) is 2.15. The van der Waals surface area contributed by atoms with Crippen molar-refractivity contribution in [2.75, 3.05) is 6.54 Å². The van der Waals surface area contributed by atoms with Crippen molar-refractivity contribution in [1.29, 1.82) is 0 Å². The first-order chi connectivity index (χ1) is 5.83. The van der Waals surface area contributed by atoms with E-state index in [0.29, 0.717) is 12.6 Å². The van der Waals surface area contributed by atoms with Crippen LogP contribution in [0.4, 0.5) is 4.79 Å². The average molecular weight is 169 g/mol. The van der Waals surface area contributed by atoms with E-state index in [1.807, 2.05) is 0 Å². The van der Waals surface area contributed by atoms with Crippen LogP contribution in [0.5, 0.6) is 0 Å². The molecule has 2 amide bonds. The van der Waals surface area contributed by atoms with Crippen molar-refractivity contribution in [1.82, 2.24) is 10.6 Å². The zero-order chi connectivity index (χ0) is 8.81. The fourth-order valence-corrected chi connectivity index (χ4v) is 1.51. The Balaban J connectivity index is 2.08. The van der Waals surface area contributed by atoms with Crippen LogP contribution >= 0.6 is 0 Å². The van der Waals surface area contributed by atoms with Crippen LogP contribution in [0.1, 0.15) is 32.1 Å². The maximum atomic E-state index is 11.1. The lowest BCUT2D eigenvalue weighted by molar-refractivity contribution is 0.237. The van der Waals surface area contributed by atoms with Crippen molar-refractivity contribution in [3.05, 3.63) is 6.92 Å². The Morgan fingerprint density at radius 2 is 2.08 bits per heavy atom. The number of carbonyl (C=O) groups excluding carboxylic acids is 1. The largest absolute Gasteiger partial charge is 0.338 e. The van der Waals surface area contributed by atoms with Crippen molar-refractivity contribution in [2.24, 2.45) is 0 Å². The summed E-state index contributed by atoms with van der Waals surface area (Å²) in [5.41, 5.74) is 0. The van der Waals surface area contributed by atoms with E-state index in [-0.39, 0.29) is 6.03 Å². The molecule has 0 bridgehead atoms. The van der Waals surface area contributed by atoms with Gasteiger partial charge >= 0.3 is 6.03 Å². The molecular weight excluding hydrogens is 152 g/mol. The molecule has 1 aliphatic rings. The number of carbonyl (C=O) groups is 1. The zero-order valence-electron chi connectivity index (χ0n) is 7.44. The van der Waals surface area contributed by atoms with Crippen molar-refractivity contribution in [3.8, 4) is 0 Å².